The molecule has 3 unspecified atom stereocenters. The molecular weight excluding hydrogens is 258 g/mol. The van der Waals surface area contributed by atoms with E-state index in [0.29, 0.717) is 17.9 Å². The Balaban J connectivity index is 2.01. The van der Waals surface area contributed by atoms with Crippen molar-refractivity contribution in [2.45, 2.75) is 45.0 Å². The third kappa shape index (κ3) is 3.22. The number of carbonyl (C=O) groups is 1. The maximum atomic E-state index is 12.2. The van der Waals surface area contributed by atoms with Gasteiger partial charge in [0.1, 0.15) is 6.10 Å². The molecule has 110 valence electrons. The molecule has 0 bridgehead atoms. The van der Waals surface area contributed by atoms with Crippen LogP contribution in [0.3, 0.4) is 0 Å². The van der Waals surface area contributed by atoms with Crippen LogP contribution in [0.25, 0.3) is 0 Å². The molecule has 2 rings (SSSR count). The average Bonchev–Trinajstić information content (AvgIpc) is 2.44. The number of nitrogens with one attached hydrogen (secondary N) is 1. The fourth-order valence-corrected chi connectivity index (χ4v) is 1.91. The molecule has 0 saturated carbocycles. The zero-order valence-electron chi connectivity index (χ0n) is 12.1. The zero-order chi connectivity index (χ0) is 14.8. The maximum Gasteiger partial charge on any atom is 0.265 e. The van der Waals surface area contributed by atoms with Crippen LogP contribution in [0, 0.1) is 0 Å². The van der Waals surface area contributed by atoms with Gasteiger partial charge in [0.2, 0.25) is 6.10 Å². The van der Waals surface area contributed by atoms with Crippen molar-refractivity contribution in [1.29, 1.82) is 0 Å². The largest absolute Gasteiger partial charge is 0.482 e. The van der Waals surface area contributed by atoms with Crippen LogP contribution < -0.4 is 14.8 Å². The quantitative estimate of drug-likeness (QED) is 0.876. The molecule has 5 heteroatoms. The van der Waals surface area contributed by atoms with E-state index in [4.69, 9.17) is 9.47 Å². The van der Waals surface area contributed by atoms with Crippen LogP contribution >= 0.6 is 0 Å². The number of hydrogen-bond donors (Lipinski definition) is 2. The van der Waals surface area contributed by atoms with Gasteiger partial charge in [0.15, 0.2) is 11.5 Å². The lowest BCUT2D eigenvalue weighted by atomic mass is 10.0. The molecule has 0 fully saturated rings. The van der Waals surface area contributed by atoms with Crippen molar-refractivity contribution in [2.24, 2.45) is 0 Å². The van der Waals surface area contributed by atoms with Crippen molar-refractivity contribution in [2.75, 3.05) is 6.54 Å². The SMILES string of the molecule is CCC(C)(O)CNC(=O)C1Oc2ccccc2OC1C. The van der Waals surface area contributed by atoms with Crippen molar-refractivity contribution < 1.29 is 19.4 Å². The van der Waals surface area contributed by atoms with E-state index >= 15 is 0 Å². The minimum absolute atomic E-state index is 0.191. The molecule has 20 heavy (non-hydrogen) atoms. The number of benzene rings is 1. The van der Waals surface area contributed by atoms with E-state index in [1.54, 1.807) is 19.9 Å². The molecule has 1 heterocycles. The molecule has 1 aromatic rings. The Morgan fingerprint density at radius 2 is 1.95 bits per heavy atom. The van der Waals surface area contributed by atoms with Crippen molar-refractivity contribution in [3.05, 3.63) is 24.3 Å². The molecule has 0 aliphatic carbocycles. The molecule has 2 N–H and O–H groups in total. The summed E-state index contributed by atoms with van der Waals surface area (Å²) < 4.78 is 11.4. The lowest BCUT2D eigenvalue weighted by Crippen LogP contribution is -2.51. The molecule has 0 spiro atoms. The molecule has 5 nitrogen and oxygen atoms in total. The van der Waals surface area contributed by atoms with E-state index in [9.17, 15) is 9.90 Å². The summed E-state index contributed by atoms with van der Waals surface area (Å²) in [5, 5.41) is 12.6. The van der Waals surface area contributed by atoms with Gasteiger partial charge < -0.3 is 19.9 Å². The number of para-hydroxylation sites is 2. The lowest BCUT2D eigenvalue weighted by molar-refractivity contribution is -0.134. The Morgan fingerprint density at radius 1 is 1.35 bits per heavy atom. The van der Waals surface area contributed by atoms with E-state index in [-0.39, 0.29) is 18.6 Å². The van der Waals surface area contributed by atoms with Gasteiger partial charge in [0, 0.05) is 6.54 Å². The molecule has 1 aliphatic rings. The highest BCUT2D eigenvalue weighted by Gasteiger charge is 2.34. The summed E-state index contributed by atoms with van der Waals surface area (Å²) >= 11 is 0. The number of aliphatic hydroxyl groups is 1. The van der Waals surface area contributed by atoms with Gasteiger partial charge in [-0.25, -0.2) is 0 Å². The molecular formula is C15H21NO4. The first-order valence-electron chi connectivity index (χ1n) is 6.85. The molecule has 1 aliphatic heterocycles. The fourth-order valence-electron chi connectivity index (χ4n) is 1.91. The maximum absolute atomic E-state index is 12.2. The lowest BCUT2D eigenvalue weighted by Gasteiger charge is -2.32. The molecule has 3 atom stereocenters. The van der Waals surface area contributed by atoms with Gasteiger partial charge in [0.25, 0.3) is 5.91 Å². The second kappa shape index (κ2) is 5.71. The molecule has 1 aromatic carbocycles. The van der Waals surface area contributed by atoms with Gasteiger partial charge in [-0.1, -0.05) is 19.1 Å². The second-order valence-electron chi connectivity index (χ2n) is 5.38. The zero-order valence-corrected chi connectivity index (χ0v) is 12.1. The monoisotopic (exact) mass is 279 g/mol. The van der Waals surface area contributed by atoms with Gasteiger partial charge >= 0.3 is 0 Å². The number of ether oxygens (including phenoxy) is 2. The van der Waals surface area contributed by atoms with Gasteiger partial charge in [-0.2, -0.15) is 0 Å². The average molecular weight is 279 g/mol. The van der Waals surface area contributed by atoms with Crippen LogP contribution in [0.1, 0.15) is 27.2 Å². The summed E-state index contributed by atoms with van der Waals surface area (Å²) in [7, 11) is 0. The summed E-state index contributed by atoms with van der Waals surface area (Å²) in [4.78, 5) is 12.2. The third-order valence-corrected chi connectivity index (χ3v) is 3.51. The number of rotatable bonds is 4. The second-order valence-corrected chi connectivity index (χ2v) is 5.38. The normalized spacial score (nSPS) is 23.8. The molecule has 0 aromatic heterocycles. The molecule has 1 amide bonds. The number of amides is 1. The first-order valence-corrected chi connectivity index (χ1v) is 6.85. The predicted molar refractivity (Wildman–Crippen MR) is 74.9 cm³/mol. The highest BCUT2D eigenvalue weighted by molar-refractivity contribution is 5.82. The summed E-state index contributed by atoms with van der Waals surface area (Å²) in [5.74, 6) is 0.929. The van der Waals surface area contributed by atoms with E-state index < -0.39 is 11.7 Å². The molecule has 0 saturated heterocycles. The Kier molecular flexibility index (Phi) is 4.18. The highest BCUT2D eigenvalue weighted by atomic mass is 16.6. The fraction of sp³-hybridized carbons (Fsp3) is 0.533. The first kappa shape index (κ1) is 14.7. The van der Waals surface area contributed by atoms with Gasteiger partial charge in [0.05, 0.1) is 5.60 Å². The van der Waals surface area contributed by atoms with Crippen LogP contribution in [-0.2, 0) is 4.79 Å². The van der Waals surface area contributed by atoms with Crippen molar-refractivity contribution >= 4 is 5.91 Å². The van der Waals surface area contributed by atoms with Gasteiger partial charge in [-0.15, -0.1) is 0 Å². The van der Waals surface area contributed by atoms with Gasteiger partial charge in [-0.05, 0) is 32.4 Å². The van der Waals surface area contributed by atoms with E-state index in [2.05, 4.69) is 5.32 Å². The standard InChI is InChI=1S/C15H21NO4/c1-4-15(3,18)9-16-14(17)13-10(2)19-11-7-5-6-8-12(11)20-13/h5-8,10,13,18H,4,9H2,1-3H3,(H,16,17). The Hall–Kier alpha value is -1.75. The van der Waals surface area contributed by atoms with Crippen LogP contribution in [0.4, 0.5) is 0 Å². The summed E-state index contributed by atoms with van der Waals surface area (Å²) in [5.41, 5.74) is -0.910. The number of hydrogen-bond acceptors (Lipinski definition) is 4. The summed E-state index contributed by atoms with van der Waals surface area (Å²) in [6.07, 6.45) is -0.526. The van der Waals surface area contributed by atoms with Crippen LogP contribution in [0.2, 0.25) is 0 Å². The predicted octanol–water partition coefficient (Wildman–Crippen LogP) is 1.49. The molecule has 0 radical (unpaired) electrons. The minimum Gasteiger partial charge on any atom is -0.482 e. The van der Waals surface area contributed by atoms with Crippen LogP contribution in [-0.4, -0.2) is 35.4 Å². The highest BCUT2D eigenvalue weighted by Crippen LogP contribution is 2.33. The van der Waals surface area contributed by atoms with Crippen molar-refractivity contribution in [3.8, 4) is 11.5 Å². The smallest absolute Gasteiger partial charge is 0.265 e. The Labute approximate surface area is 118 Å². The van der Waals surface area contributed by atoms with Crippen LogP contribution in [0.15, 0.2) is 24.3 Å². The summed E-state index contributed by atoms with van der Waals surface area (Å²) in [6.45, 7) is 5.53. The Bertz CT molecular complexity index is 487. The number of fused-ring (bicyclic) bond motifs is 1. The minimum atomic E-state index is -0.910. The summed E-state index contributed by atoms with van der Waals surface area (Å²) in [6, 6.07) is 7.26. The van der Waals surface area contributed by atoms with Crippen molar-refractivity contribution in [3.63, 3.8) is 0 Å². The van der Waals surface area contributed by atoms with Crippen molar-refractivity contribution in [1.82, 2.24) is 5.32 Å². The van der Waals surface area contributed by atoms with E-state index in [1.165, 1.54) is 0 Å². The van der Waals surface area contributed by atoms with E-state index in [1.807, 2.05) is 25.1 Å². The van der Waals surface area contributed by atoms with E-state index in [0.717, 1.165) is 0 Å². The topological polar surface area (TPSA) is 67.8 Å². The first-order chi connectivity index (χ1) is 9.43. The van der Waals surface area contributed by atoms with Gasteiger partial charge in [-0.3, -0.25) is 4.79 Å². The number of carbonyl (C=O) groups excluding carboxylic acids is 1. The Morgan fingerprint density at radius 3 is 2.55 bits per heavy atom. The van der Waals surface area contributed by atoms with Crippen LogP contribution in [0.5, 0.6) is 11.5 Å². The third-order valence-electron chi connectivity index (χ3n) is 3.51.